The molecule has 0 N–H and O–H groups in total. The van der Waals surface area contributed by atoms with Gasteiger partial charge in [0.25, 0.3) is 0 Å². The third-order valence-electron chi connectivity index (χ3n) is 1.86. The van der Waals surface area contributed by atoms with Gasteiger partial charge < -0.3 is 9.42 Å². The van der Waals surface area contributed by atoms with Gasteiger partial charge in [-0.3, -0.25) is 0 Å². The van der Waals surface area contributed by atoms with Crippen LogP contribution in [0.25, 0.3) is 0 Å². The number of nitrogens with zero attached hydrogens (tertiary/aromatic N) is 2. The number of rotatable bonds is 3. The van der Waals surface area contributed by atoms with E-state index in [-0.39, 0.29) is 0 Å². The quantitative estimate of drug-likeness (QED) is 0.788. The summed E-state index contributed by atoms with van der Waals surface area (Å²) in [6, 6.07) is 0. The Balaban J connectivity index is -0.000000328. The van der Waals surface area contributed by atoms with Crippen molar-refractivity contribution in [2.24, 2.45) is 0 Å². The van der Waals surface area contributed by atoms with Gasteiger partial charge in [-0.25, -0.2) is 0 Å². The maximum atomic E-state index is 5.17. The van der Waals surface area contributed by atoms with E-state index in [0.29, 0.717) is 0 Å². The van der Waals surface area contributed by atoms with E-state index < -0.39 is 0 Å². The molecule has 0 amide bonds. The SMILES string of the molecule is CC.CC.CC.CCc1onc(C)c1CN(C)C. The summed E-state index contributed by atoms with van der Waals surface area (Å²) in [7, 11) is 4.10. The second-order valence-electron chi connectivity index (χ2n) is 3.26. The Morgan fingerprint density at radius 1 is 1.00 bits per heavy atom. The highest BCUT2D eigenvalue weighted by Gasteiger charge is 2.10. The van der Waals surface area contributed by atoms with E-state index in [1.54, 1.807) is 0 Å². The summed E-state index contributed by atoms with van der Waals surface area (Å²) in [6.45, 7) is 17.0. The van der Waals surface area contributed by atoms with Crippen LogP contribution in [-0.2, 0) is 13.0 Å². The molecule has 0 unspecified atom stereocenters. The topological polar surface area (TPSA) is 29.3 Å². The van der Waals surface area contributed by atoms with Crippen LogP contribution in [0.15, 0.2) is 4.52 Å². The van der Waals surface area contributed by atoms with Crippen molar-refractivity contribution in [3.05, 3.63) is 17.0 Å². The fraction of sp³-hybridized carbons (Fsp3) is 0.800. The fourth-order valence-corrected chi connectivity index (χ4v) is 1.23. The average molecular weight is 258 g/mol. The summed E-state index contributed by atoms with van der Waals surface area (Å²) in [5.74, 6) is 1.02. The second-order valence-corrected chi connectivity index (χ2v) is 3.26. The van der Waals surface area contributed by atoms with E-state index in [1.165, 1.54) is 5.56 Å². The van der Waals surface area contributed by atoms with Crippen LogP contribution in [0.3, 0.4) is 0 Å². The molecule has 0 radical (unpaired) electrons. The van der Waals surface area contributed by atoms with E-state index in [4.69, 9.17) is 4.52 Å². The van der Waals surface area contributed by atoms with Crippen LogP contribution in [0.5, 0.6) is 0 Å². The molecule has 18 heavy (non-hydrogen) atoms. The van der Waals surface area contributed by atoms with Crippen LogP contribution in [0.2, 0.25) is 0 Å². The Bertz CT molecular complexity index is 255. The minimum atomic E-state index is 0.915. The molecule has 0 aromatic carbocycles. The summed E-state index contributed by atoms with van der Waals surface area (Å²) >= 11 is 0. The molecular formula is C15H34N2O. The van der Waals surface area contributed by atoms with Gasteiger partial charge >= 0.3 is 0 Å². The predicted octanol–water partition coefficient (Wildman–Crippen LogP) is 4.69. The highest BCUT2D eigenvalue weighted by molar-refractivity contribution is 5.21. The summed E-state index contributed by atoms with van der Waals surface area (Å²) in [5.41, 5.74) is 2.25. The van der Waals surface area contributed by atoms with Crippen molar-refractivity contribution in [3.63, 3.8) is 0 Å². The molecule has 1 heterocycles. The number of aromatic nitrogens is 1. The molecule has 0 aliphatic heterocycles. The number of aryl methyl sites for hydroxylation is 2. The lowest BCUT2D eigenvalue weighted by Crippen LogP contribution is -2.12. The summed E-state index contributed by atoms with van der Waals surface area (Å²) in [5, 5.41) is 3.94. The Morgan fingerprint density at radius 2 is 1.44 bits per heavy atom. The Labute approximate surface area is 115 Å². The van der Waals surface area contributed by atoms with Crippen molar-refractivity contribution < 1.29 is 4.52 Å². The van der Waals surface area contributed by atoms with Crippen LogP contribution in [0.1, 0.15) is 65.5 Å². The zero-order chi connectivity index (χ0) is 15.1. The molecule has 1 aromatic rings. The highest BCUT2D eigenvalue weighted by atomic mass is 16.5. The van der Waals surface area contributed by atoms with E-state index >= 15 is 0 Å². The van der Waals surface area contributed by atoms with Gasteiger partial charge in [0.05, 0.1) is 5.69 Å². The van der Waals surface area contributed by atoms with Crippen molar-refractivity contribution in [1.29, 1.82) is 0 Å². The van der Waals surface area contributed by atoms with Crippen molar-refractivity contribution in [2.75, 3.05) is 14.1 Å². The molecule has 1 aromatic heterocycles. The minimum absolute atomic E-state index is 0.915. The lowest BCUT2D eigenvalue weighted by atomic mass is 10.1. The molecule has 110 valence electrons. The fourth-order valence-electron chi connectivity index (χ4n) is 1.23. The molecule has 1 rings (SSSR count). The Kier molecular flexibility index (Phi) is 20.1. The standard InChI is InChI=1S/C9H16N2O.3C2H6/c1-5-9-8(6-11(3)4)7(2)10-12-9;3*1-2/h5-6H2,1-4H3;3*1-2H3. The molecule has 0 saturated heterocycles. The third kappa shape index (κ3) is 9.23. The molecule has 0 aliphatic carbocycles. The smallest absolute Gasteiger partial charge is 0.141 e. The maximum Gasteiger partial charge on any atom is 0.141 e. The molecule has 0 fully saturated rings. The second kappa shape index (κ2) is 16.2. The Morgan fingerprint density at radius 3 is 1.78 bits per heavy atom. The van der Waals surface area contributed by atoms with E-state index in [1.807, 2.05) is 62.6 Å². The van der Waals surface area contributed by atoms with Gasteiger partial charge in [0.1, 0.15) is 5.76 Å². The van der Waals surface area contributed by atoms with Crippen LogP contribution in [0.4, 0.5) is 0 Å². The molecular weight excluding hydrogens is 224 g/mol. The van der Waals surface area contributed by atoms with Crippen LogP contribution < -0.4 is 0 Å². The highest BCUT2D eigenvalue weighted by Crippen LogP contribution is 2.15. The van der Waals surface area contributed by atoms with E-state index in [2.05, 4.69) is 17.0 Å². The minimum Gasteiger partial charge on any atom is -0.361 e. The molecule has 0 atom stereocenters. The van der Waals surface area contributed by atoms with Gasteiger partial charge in [-0.05, 0) is 21.0 Å². The first-order chi connectivity index (χ1) is 8.65. The number of hydrogen-bond donors (Lipinski definition) is 0. The average Bonchev–Trinajstić information content (AvgIpc) is 2.77. The van der Waals surface area contributed by atoms with Gasteiger partial charge in [-0.2, -0.15) is 0 Å². The van der Waals surface area contributed by atoms with Gasteiger partial charge in [-0.15, -0.1) is 0 Å². The van der Waals surface area contributed by atoms with Crippen molar-refractivity contribution in [2.45, 2.75) is 68.4 Å². The van der Waals surface area contributed by atoms with E-state index in [9.17, 15) is 0 Å². The summed E-state index contributed by atoms with van der Waals surface area (Å²) in [4.78, 5) is 2.12. The van der Waals surface area contributed by atoms with Gasteiger partial charge in [0.15, 0.2) is 0 Å². The normalized spacial score (nSPS) is 8.39. The van der Waals surface area contributed by atoms with Crippen molar-refractivity contribution >= 4 is 0 Å². The van der Waals surface area contributed by atoms with Crippen LogP contribution >= 0.6 is 0 Å². The molecule has 0 spiro atoms. The van der Waals surface area contributed by atoms with Gasteiger partial charge in [0, 0.05) is 18.5 Å². The zero-order valence-electron chi connectivity index (χ0n) is 14.2. The number of hydrogen-bond acceptors (Lipinski definition) is 3. The Hall–Kier alpha value is -0.830. The van der Waals surface area contributed by atoms with Gasteiger partial charge in [0.2, 0.25) is 0 Å². The monoisotopic (exact) mass is 258 g/mol. The van der Waals surface area contributed by atoms with Crippen LogP contribution in [-0.4, -0.2) is 24.2 Å². The van der Waals surface area contributed by atoms with Gasteiger partial charge in [-0.1, -0.05) is 53.6 Å². The molecule has 0 bridgehead atoms. The predicted molar refractivity (Wildman–Crippen MR) is 82.1 cm³/mol. The summed E-state index contributed by atoms with van der Waals surface area (Å²) in [6.07, 6.45) is 0.921. The first-order valence-corrected chi connectivity index (χ1v) is 7.24. The third-order valence-corrected chi connectivity index (χ3v) is 1.86. The summed E-state index contributed by atoms with van der Waals surface area (Å²) < 4.78 is 5.17. The largest absolute Gasteiger partial charge is 0.361 e. The van der Waals surface area contributed by atoms with Crippen molar-refractivity contribution in [3.8, 4) is 0 Å². The van der Waals surface area contributed by atoms with E-state index in [0.717, 1.165) is 24.4 Å². The lowest BCUT2D eigenvalue weighted by molar-refractivity contribution is 0.370. The molecule has 3 nitrogen and oxygen atoms in total. The maximum absolute atomic E-state index is 5.17. The van der Waals surface area contributed by atoms with Crippen molar-refractivity contribution in [1.82, 2.24) is 10.1 Å². The zero-order valence-corrected chi connectivity index (χ0v) is 14.2. The molecule has 0 aliphatic rings. The molecule has 3 heteroatoms. The lowest BCUT2D eigenvalue weighted by Gasteiger charge is -2.08. The first-order valence-electron chi connectivity index (χ1n) is 7.24. The molecule has 0 saturated carbocycles. The first kappa shape index (κ1) is 22.4. The van der Waals surface area contributed by atoms with Crippen LogP contribution in [0, 0.1) is 6.92 Å².